The molecule has 8 heteroatoms. The van der Waals surface area contributed by atoms with Crippen molar-refractivity contribution in [2.75, 3.05) is 20.1 Å². The van der Waals surface area contributed by atoms with E-state index in [1.54, 1.807) is 25.5 Å². The maximum atomic E-state index is 13.0. The number of hydrogen-bond donors (Lipinski definition) is 2. The monoisotopic (exact) mass is 417 g/mol. The maximum Gasteiger partial charge on any atom is 0.252 e. The topological polar surface area (TPSA) is 104 Å². The number of carbonyl (C=O) groups is 3. The number of carbonyl (C=O) groups excluding carboxylic acids is 3. The smallest absolute Gasteiger partial charge is 0.252 e. The lowest BCUT2D eigenvalue weighted by Gasteiger charge is -2.23. The molecule has 0 aliphatic carbocycles. The zero-order valence-corrected chi connectivity index (χ0v) is 17.2. The van der Waals surface area contributed by atoms with Crippen molar-refractivity contribution in [3.8, 4) is 11.3 Å². The van der Waals surface area contributed by atoms with Crippen molar-refractivity contribution in [3.63, 3.8) is 0 Å². The fourth-order valence-corrected chi connectivity index (χ4v) is 3.89. The molecule has 3 heterocycles. The van der Waals surface area contributed by atoms with Crippen LogP contribution < -0.4 is 10.6 Å². The normalized spacial score (nSPS) is 15.6. The van der Waals surface area contributed by atoms with Gasteiger partial charge in [0.15, 0.2) is 0 Å². The molecular formula is C23H23N5O3. The minimum atomic E-state index is -0.477. The number of likely N-dealkylation sites (N-methyl/N-ethyl adjacent to an activating group) is 1. The first-order valence-electron chi connectivity index (χ1n) is 10.2. The molecule has 0 saturated carbocycles. The van der Waals surface area contributed by atoms with Crippen LogP contribution in [0.15, 0.2) is 54.9 Å². The van der Waals surface area contributed by atoms with Gasteiger partial charge in [0, 0.05) is 36.9 Å². The Labute approximate surface area is 179 Å². The number of para-hydroxylation sites is 1. The van der Waals surface area contributed by atoms with Gasteiger partial charge >= 0.3 is 0 Å². The van der Waals surface area contributed by atoms with Crippen LogP contribution in [0.1, 0.15) is 23.2 Å². The number of hydrogen-bond acceptors (Lipinski definition) is 5. The molecule has 0 radical (unpaired) electrons. The van der Waals surface area contributed by atoms with E-state index in [0.717, 1.165) is 12.0 Å². The average molecular weight is 417 g/mol. The number of rotatable bonds is 5. The Morgan fingerprint density at radius 3 is 2.68 bits per heavy atom. The SMILES string of the molecule is CNC(=O)C1CCCN1C(=O)CNC(=O)c1cc(-c2ccncc2)nc2ccccc12. The number of nitrogens with zero attached hydrogens (tertiary/aromatic N) is 3. The molecule has 1 aromatic carbocycles. The summed E-state index contributed by atoms with van der Waals surface area (Å²) in [5.74, 6) is -0.815. The second-order valence-electron chi connectivity index (χ2n) is 7.35. The van der Waals surface area contributed by atoms with E-state index in [4.69, 9.17) is 0 Å². The second kappa shape index (κ2) is 8.91. The minimum absolute atomic E-state index is 0.173. The molecular weight excluding hydrogens is 394 g/mol. The highest BCUT2D eigenvalue weighted by Crippen LogP contribution is 2.24. The van der Waals surface area contributed by atoms with Crippen LogP contribution in [0.25, 0.3) is 22.2 Å². The zero-order chi connectivity index (χ0) is 21.8. The number of likely N-dealkylation sites (tertiary alicyclic amines) is 1. The lowest BCUT2D eigenvalue weighted by atomic mass is 10.0. The predicted molar refractivity (Wildman–Crippen MR) is 116 cm³/mol. The van der Waals surface area contributed by atoms with Gasteiger partial charge < -0.3 is 15.5 Å². The van der Waals surface area contributed by atoms with E-state index in [9.17, 15) is 14.4 Å². The molecule has 1 aliphatic rings. The summed E-state index contributed by atoms with van der Waals surface area (Å²) in [5, 5.41) is 6.02. The standard InChI is InChI=1S/C23H23N5O3/c1-24-23(31)20-7-4-12-28(20)21(29)14-26-22(30)17-13-19(15-8-10-25-11-9-15)27-18-6-3-2-5-16(17)18/h2-3,5-6,8-11,13,20H,4,7,12,14H2,1H3,(H,24,31)(H,26,30). The molecule has 8 nitrogen and oxygen atoms in total. The minimum Gasteiger partial charge on any atom is -0.357 e. The van der Waals surface area contributed by atoms with Crippen molar-refractivity contribution in [2.45, 2.75) is 18.9 Å². The Hall–Kier alpha value is -3.81. The van der Waals surface area contributed by atoms with Crippen molar-refractivity contribution in [1.82, 2.24) is 25.5 Å². The van der Waals surface area contributed by atoms with E-state index in [-0.39, 0.29) is 24.3 Å². The second-order valence-corrected chi connectivity index (χ2v) is 7.35. The number of aromatic nitrogens is 2. The van der Waals surface area contributed by atoms with Gasteiger partial charge in [0.25, 0.3) is 5.91 Å². The first-order chi connectivity index (χ1) is 15.1. The predicted octanol–water partition coefficient (Wildman–Crippen LogP) is 1.76. The summed E-state index contributed by atoms with van der Waals surface area (Å²) >= 11 is 0. The van der Waals surface area contributed by atoms with Crippen molar-refractivity contribution < 1.29 is 14.4 Å². The van der Waals surface area contributed by atoms with Gasteiger partial charge in [0.2, 0.25) is 11.8 Å². The molecule has 3 amide bonds. The molecule has 4 rings (SSSR count). The van der Waals surface area contributed by atoms with E-state index in [1.165, 1.54) is 4.90 Å². The lowest BCUT2D eigenvalue weighted by Crippen LogP contribution is -2.48. The molecule has 0 bridgehead atoms. The highest BCUT2D eigenvalue weighted by atomic mass is 16.2. The summed E-state index contributed by atoms with van der Waals surface area (Å²) in [6, 6.07) is 12.3. The Kier molecular flexibility index (Phi) is 5.88. The highest BCUT2D eigenvalue weighted by Gasteiger charge is 2.33. The van der Waals surface area contributed by atoms with Gasteiger partial charge in [-0.3, -0.25) is 19.4 Å². The third kappa shape index (κ3) is 4.23. The molecule has 1 fully saturated rings. The largest absolute Gasteiger partial charge is 0.357 e. The summed E-state index contributed by atoms with van der Waals surface area (Å²) in [5.41, 5.74) is 2.62. The van der Waals surface area contributed by atoms with Gasteiger partial charge in [-0.2, -0.15) is 0 Å². The van der Waals surface area contributed by atoms with Crippen LogP contribution in [-0.4, -0.2) is 58.8 Å². The number of amides is 3. The Balaban J connectivity index is 1.56. The van der Waals surface area contributed by atoms with Crippen LogP contribution in [0.3, 0.4) is 0 Å². The lowest BCUT2D eigenvalue weighted by molar-refractivity contribution is -0.137. The molecule has 2 aromatic heterocycles. The van der Waals surface area contributed by atoms with Crippen LogP contribution in [0.5, 0.6) is 0 Å². The van der Waals surface area contributed by atoms with Crippen LogP contribution in [0.2, 0.25) is 0 Å². The first-order valence-corrected chi connectivity index (χ1v) is 10.2. The van der Waals surface area contributed by atoms with Gasteiger partial charge in [-0.1, -0.05) is 18.2 Å². The van der Waals surface area contributed by atoms with Crippen LogP contribution in [-0.2, 0) is 9.59 Å². The fraction of sp³-hybridized carbons (Fsp3) is 0.261. The summed E-state index contributed by atoms with van der Waals surface area (Å²) in [7, 11) is 1.56. The van der Waals surface area contributed by atoms with E-state index in [2.05, 4.69) is 20.6 Å². The van der Waals surface area contributed by atoms with Crippen molar-refractivity contribution in [3.05, 3.63) is 60.4 Å². The van der Waals surface area contributed by atoms with Gasteiger partial charge in [0.05, 0.1) is 23.3 Å². The summed E-state index contributed by atoms with van der Waals surface area (Å²) in [6.07, 6.45) is 4.73. The molecule has 1 aliphatic heterocycles. The van der Waals surface area contributed by atoms with E-state index >= 15 is 0 Å². The number of fused-ring (bicyclic) bond motifs is 1. The van der Waals surface area contributed by atoms with Crippen molar-refractivity contribution in [2.24, 2.45) is 0 Å². The molecule has 0 spiro atoms. The van der Waals surface area contributed by atoms with Gasteiger partial charge in [-0.25, -0.2) is 4.98 Å². The van der Waals surface area contributed by atoms with Crippen LogP contribution in [0, 0.1) is 0 Å². The van der Waals surface area contributed by atoms with Gasteiger partial charge in [0.1, 0.15) is 6.04 Å². The zero-order valence-electron chi connectivity index (χ0n) is 17.2. The number of benzene rings is 1. The summed E-state index contributed by atoms with van der Waals surface area (Å²) in [6.45, 7) is 0.338. The average Bonchev–Trinajstić information content (AvgIpc) is 3.32. The summed E-state index contributed by atoms with van der Waals surface area (Å²) < 4.78 is 0. The molecule has 1 unspecified atom stereocenters. The van der Waals surface area contributed by atoms with Gasteiger partial charge in [-0.15, -0.1) is 0 Å². The number of pyridine rings is 2. The molecule has 3 aromatic rings. The van der Waals surface area contributed by atoms with Crippen LogP contribution in [0.4, 0.5) is 0 Å². The Morgan fingerprint density at radius 2 is 1.90 bits per heavy atom. The van der Waals surface area contributed by atoms with Crippen LogP contribution >= 0.6 is 0 Å². The van der Waals surface area contributed by atoms with E-state index in [0.29, 0.717) is 35.1 Å². The summed E-state index contributed by atoms with van der Waals surface area (Å²) in [4.78, 5) is 47.9. The highest BCUT2D eigenvalue weighted by molar-refractivity contribution is 6.08. The Morgan fingerprint density at radius 1 is 1.13 bits per heavy atom. The van der Waals surface area contributed by atoms with Crippen molar-refractivity contribution in [1.29, 1.82) is 0 Å². The third-order valence-electron chi connectivity index (χ3n) is 5.46. The fourth-order valence-electron chi connectivity index (χ4n) is 3.89. The number of nitrogens with one attached hydrogen (secondary N) is 2. The molecule has 1 atom stereocenters. The molecule has 158 valence electrons. The third-order valence-corrected chi connectivity index (χ3v) is 5.46. The van der Waals surface area contributed by atoms with Crippen molar-refractivity contribution >= 4 is 28.6 Å². The molecule has 31 heavy (non-hydrogen) atoms. The Bertz CT molecular complexity index is 1130. The first kappa shape index (κ1) is 20.5. The van der Waals surface area contributed by atoms with Gasteiger partial charge in [-0.05, 0) is 37.1 Å². The molecule has 2 N–H and O–H groups in total. The maximum absolute atomic E-state index is 13.0. The van der Waals surface area contributed by atoms with E-state index < -0.39 is 6.04 Å². The quantitative estimate of drug-likeness (QED) is 0.658. The molecule has 1 saturated heterocycles. The van der Waals surface area contributed by atoms with E-state index in [1.807, 2.05) is 36.4 Å².